The predicted molar refractivity (Wildman–Crippen MR) is 86.5 cm³/mol. The Hall–Kier alpha value is -3.06. The van der Waals surface area contributed by atoms with Gasteiger partial charge in [0.25, 0.3) is 0 Å². The van der Waals surface area contributed by atoms with Crippen LogP contribution in [0.15, 0.2) is 48.7 Å². The Morgan fingerprint density at radius 3 is 2.73 bits per heavy atom. The summed E-state index contributed by atoms with van der Waals surface area (Å²) in [4.78, 5) is 15.4. The third-order valence-electron chi connectivity index (χ3n) is 3.57. The van der Waals surface area contributed by atoms with Gasteiger partial charge in [0.05, 0.1) is 18.1 Å². The van der Waals surface area contributed by atoms with Gasteiger partial charge in [0.2, 0.25) is 5.91 Å². The molecule has 0 aliphatic rings. The topological polar surface area (TPSA) is 68.7 Å². The van der Waals surface area contributed by atoms with Gasteiger partial charge in [0.15, 0.2) is 0 Å². The summed E-state index contributed by atoms with van der Waals surface area (Å²) in [5.74, 6) is -0.0767. The van der Waals surface area contributed by atoms with E-state index in [0.717, 1.165) is 16.5 Å². The van der Waals surface area contributed by atoms with Gasteiger partial charge in [-0.3, -0.25) is 4.79 Å². The fourth-order valence-corrected chi connectivity index (χ4v) is 2.44. The van der Waals surface area contributed by atoms with Crippen LogP contribution in [-0.2, 0) is 11.2 Å². The first kappa shape index (κ1) is 13.9. The number of fused-ring (bicyclic) bond motifs is 1. The van der Waals surface area contributed by atoms with Gasteiger partial charge >= 0.3 is 0 Å². The molecule has 2 aromatic carbocycles. The summed E-state index contributed by atoms with van der Waals surface area (Å²) in [6.07, 6.45) is 2.19. The number of hydrogen-bond donors (Lipinski definition) is 2. The number of aromatic nitrogens is 1. The Bertz CT molecular complexity index is 869. The van der Waals surface area contributed by atoms with Crippen LogP contribution in [-0.4, -0.2) is 10.9 Å². The number of amides is 1. The second-order valence-electron chi connectivity index (χ2n) is 5.28. The lowest BCUT2D eigenvalue weighted by molar-refractivity contribution is -0.115. The van der Waals surface area contributed by atoms with Crippen molar-refractivity contribution in [2.45, 2.75) is 13.3 Å². The summed E-state index contributed by atoms with van der Waals surface area (Å²) < 4.78 is 0. The minimum absolute atomic E-state index is 0.0767. The lowest BCUT2D eigenvalue weighted by atomic mass is 10.1. The normalized spacial score (nSPS) is 10.4. The number of nitrogens with one attached hydrogen (secondary N) is 2. The molecule has 4 nitrogen and oxygen atoms in total. The zero-order chi connectivity index (χ0) is 15.5. The third-order valence-corrected chi connectivity index (χ3v) is 3.57. The smallest absolute Gasteiger partial charge is 0.228 e. The van der Waals surface area contributed by atoms with Crippen LogP contribution in [0, 0.1) is 18.3 Å². The highest BCUT2D eigenvalue weighted by Crippen LogP contribution is 2.20. The largest absolute Gasteiger partial charge is 0.361 e. The molecule has 3 rings (SSSR count). The highest BCUT2D eigenvalue weighted by atomic mass is 16.1. The molecule has 3 aromatic rings. The molecule has 0 unspecified atom stereocenters. The molecular formula is C18H15N3O. The van der Waals surface area contributed by atoms with E-state index in [1.165, 1.54) is 5.56 Å². The van der Waals surface area contributed by atoms with Gasteiger partial charge < -0.3 is 10.3 Å². The average Bonchev–Trinajstić information content (AvgIpc) is 2.90. The number of rotatable bonds is 3. The van der Waals surface area contributed by atoms with Crippen molar-refractivity contribution < 1.29 is 4.79 Å². The zero-order valence-corrected chi connectivity index (χ0v) is 12.2. The lowest BCUT2D eigenvalue weighted by Crippen LogP contribution is -2.14. The van der Waals surface area contributed by atoms with Crippen molar-refractivity contribution in [1.82, 2.24) is 4.98 Å². The van der Waals surface area contributed by atoms with Crippen LogP contribution in [0.1, 0.15) is 16.7 Å². The van der Waals surface area contributed by atoms with Gasteiger partial charge in [-0.15, -0.1) is 0 Å². The van der Waals surface area contributed by atoms with E-state index < -0.39 is 0 Å². The molecule has 0 saturated heterocycles. The molecule has 2 N–H and O–H groups in total. The van der Waals surface area contributed by atoms with Gasteiger partial charge in [-0.2, -0.15) is 5.26 Å². The minimum Gasteiger partial charge on any atom is -0.361 e. The fraction of sp³-hybridized carbons (Fsp3) is 0.111. The molecular weight excluding hydrogens is 274 g/mol. The van der Waals surface area contributed by atoms with Crippen LogP contribution >= 0.6 is 0 Å². The monoisotopic (exact) mass is 289 g/mol. The quantitative estimate of drug-likeness (QED) is 0.774. The molecule has 0 spiro atoms. The predicted octanol–water partition coefficient (Wildman–Crippen LogP) is 3.53. The van der Waals surface area contributed by atoms with Gasteiger partial charge in [-0.25, -0.2) is 0 Å². The van der Waals surface area contributed by atoms with E-state index in [1.54, 1.807) is 24.3 Å². The summed E-state index contributed by atoms with van der Waals surface area (Å²) in [5, 5.41) is 12.7. The highest BCUT2D eigenvalue weighted by Gasteiger charge is 2.09. The first-order chi connectivity index (χ1) is 10.7. The Labute approximate surface area is 128 Å². The number of aryl methyl sites for hydroxylation is 1. The fourth-order valence-electron chi connectivity index (χ4n) is 2.44. The van der Waals surface area contributed by atoms with E-state index in [2.05, 4.69) is 22.4 Å². The van der Waals surface area contributed by atoms with Crippen molar-refractivity contribution in [3.05, 3.63) is 65.4 Å². The summed E-state index contributed by atoms with van der Waals surface area (Å²) in [5.41, 5.74) is 4.45. The van der Waals surface area contributed by atoms with E-state index in [4.69, 9.17) is 5.26 Å². The van der Waals surface area contributed by atoms with Crippen molar-refractivity contribution in [1.29, 1.82) is 5.26 Å². The minimum atomic E-state index is -0.0767. The molecule has 0 saturated carbocycles. The van der Waals surface area contributed by atoms with Gasteiger partial charge in [0, 0.05) is 22.8 Å². The Morgan fingerprint density at radius 1 is 1.23 bits per heavy atom. The Kier molecular flexibility index (Phi) is 3.63. The lowest BCUT2D eigenvalue weighted by Gasteiger charge is -2.05. The molecule has 4 heteroatoms. The van der Waals surface area contributed by atoms with Crippen molar-refractivity contribution in [3.8, 4) is 6.07 Å². The number of aromatic amines is 1. The Morgan fingerprint density at radius 2 is 2.00 bits per heavy atom. The van der Waals surface area contributed by atoms with Crippen LogP contribution in [0.4, 0.5) is 5.69 Å². The molecule has 0 radical (unpaired) electrons. The molecule has 22 heavy (non-hydrogen) atoms. The number of carbonyl (C=O) groups is 1. The first-order valence-electron chi connectivity index (χ1n) is 7.02. The van der Waals surface area contributed by atoms with Crippen molar-refractivity contribution in [3.63, 3.8) is 0 Å². The van der Waals surface area contributed by atoms with E-state index in [0.29, 0.717) is 17.7 Å². The summed E-state index contributed by atoms with van der Waals surface area (Å²) >= 11 is 0. The van der Waals surface area contributed by atoms with Gasteiger partial charge in [0.1, 0.15) is 0 Å². The molecule has 0 atom stereocenters. The number of carbonyl (C=O) groups excluding carboxylic acids is 1. The van der Waals surface area contributed by atoms with Crippen molar-refractivity contribution in [2.24, 2.45) is 0 Å². The first-order valence-corrected chi connectivity index (χ1v) is 7.02. The third kappa shape index (κ3) is 2.84. The molecule has 0 aliphatic carbocycles. The van der Waals surface area contributed by atoms with Crippen LogP contribution < -0.4 is 5.32 Å². The maximum atomic E-state index is 12.2. The molecule has 1 aromatic heterocycles. The molecule has 1 amide bonds. The van der Waals surface area contributed by atoms with Crippen LogP contribution in [0.5, 0.6) is 0 Å². The molecule has 1 heterocycles. The van der Waals surface area contributed by atoms with E-state index >= 15 is 0 Å². The van der Waals surface area contributed by atoms with Crippen molar-refractivity contribution in [2.75, 3.05) is 5.32 Å². The number of nitrogens with zero attached hydrogens (tertiary/aromatic N) is 1. The molecule has 108 valence electrons. The number of anilines is 1. The molecule has 0 fully saturated rings. The summed E-state index contributed by atoms with van der Waals surface area (Å²) in [7, 11) is 0. The second-order valence-corrected chi connectivity index (χ2v) is 5.28. The zero-order valence-electron chi connectivity index (χ0n) is 12.2. The highest BCUT2D eigenvalue weighted by molar-refractivity contribution is 5.95. The van der Waals surface area contributed by atoms with E-state index in [-0.39, 0.29) is 5.91 Å². The SMILES string of the molecule is Cc1ccc2[nH]cc(CC(=O)Nc3ccc(C#N)cc3)c2c1. The molecule has 0 bridgehead atoms. The summed E-state index contributed by atoms with van der Waals surface area (Å²) in [6, 6.07) is 15.0. The van der Waals surface area contributed by atoms with Gasteiger partial charge in [-0.05, 0) is 48.9 Å². The standard InChI is InChI=1S/C18H15N3O/c1-12-2-7-17-16(8-12)14(11-20-17)9-18(22)21-15-5-3-13(10-19)4-6-15/h2-8,11,20H,9H2,1H3,(H,21,22). The number of benzene rings is 2. The van der Waals surface area contributed by atoms with Crippen LogP contribution in [0.3, 0.4) is 0 Å². The average molecular weight is 289 g/mol. The number of hydrogen-bond acceptors (Lipinski definition) is 2. The molecule has 0 aliphatic heterocycles. The van der Waals surface area contributed by atoms with Crippen LogP contribution in [0.2, 0.25) is 0 Å². The van der Waals surface area contributed by atoms with Crippen LogP contribution in [0.25, 0.3) is 10.9 Å². The van der Waals surface area contributed by atoms with Gasteiger partial charge in [-0.1, -0.05) is 11.6 Å². The van der Waals surface area contributed by atoms with E-state index in [1.807, 2.05) is 25.3 Å². The maximum Gasteiger partial charge on any atom is 0.228 e. The Balaban J connectivity index is 1.75. The van der Waals surface area contributed by atoms with E-state index in [9.17, 15) is 4.79 Å². The summed E-state index contributed by atoms with van der Waals surface area (Å²) in [6.45, 7) is 2.03. The number of H-pyrrole nitrogens is 1. The number of nitriles is 1. The second kappa shape index (κ2) is 5.74. The van der Waals surface area contributed by atoms with Crippen molar-refractivity contribution >= 4 is 22.5 Å². The maximum absolute atomic E-state index is 12.2.